The zero-order valence-electron chi connectivity index (χ0n) is 18.6. The number of pyridine rings is 2. The van der Waals surface area contributed by atoms with Crippen LogP contribution in [0, 0.1) is 5.92 Å². The van der Waals surface area contributed by atoms with Crippen LogP contribution in [0.3, 0.4) is 0 Å². The molecule has 1 fully saturated rings. The summed E-state index contributed by atoms with van der Waals surface area (Å²) in [6.45, 7) is 2.28. The highest BCUT2D eigenvalue weighted by Crippen LogP contribution is 2.23. The molecule has 33 heavy (non-hydrogen) atoms. The van der Waals surface area contributed by atoms with Crippen molar-refractivity contribution in [2.24, 2.45) is 5.92 Å². The lowest BCUT2D eigenvalue weighted by molar-refractivity contribution is 0.0685. The van der Waals surface area contributed by atoms with Gasteiger partial charge in [-0.1, -0.05) is 12.8 Å². The van der Waals surface area contributed by atoms with Crippen LogP contribution in [-0.2, 0) is 0 Å². The number of nitrogens with zero attached hydrogens (tertiary/aromatic N) is 5. The molecule has 1 N–H and O–H groups in total. The first kappa shape index (κ1) is 21.2. The summed E-state index contributed by atoms with van der Waals surface area (Å²) in [6, 6.07) is 7.40. The van der Waals surface area contributed by atoms with Crippen molar-refractivity contribution in [3.8, 4) is 0 Å². The third kappa shape index (κ3) is 4.74. The number of imidazole rings is 2. The van der Waals surface area contributed by atoms with Crippen LogP contribution < -0.4 is 5.32 Å². The van der Waals surface area contributed by atoms with Crippen molar-refractivity contribution in [1.82, 2.24) is 29.0 Å². The monoisotopic (exact) mass is 444 g/mol. The molecule has 1 aliphatic heterocycles. The fourth-order valence-electron chi connectivity index (χ4n) is 4.57. The second-order valence-corrected chi connectivity index (χ2v) is 8.71. The predicted molar refractivity (Wildman–Crippen MR) is 125 cm³/mol. The minimum atomic E-state index is -0.0497. The minimum Gasteiger partial charge on any atom is -0.352 e. The largest absolute Gasteiger partial charge is 0.352 e. The Bertz CT molecular complexity index is 1270. The van der Waals surface area contributed by atoms with E-state index < -0.39 is 0 Å². The van der Waals surface area contributed by atoms with Crippen LogP contribution in [0.5, 0.6) is 0 Å². The van der Waals surface area contributed by atoms with Crippen LogP contribution in [0.1, 0.15) is 52.8 Å². The number of nitrogens with one attached hydrogen (secondary N) is 1. The van der Waals surface area contributed by atoms with E-state index in [9.17, 15) is 9.59 Å². The fraction of sp³-hybridized carbons (Fsp3) is 0.360. The SMILES string of the molecule is O=C(NCCCCC1CCN(C(=O)c2ccc3nccn3c2)CC1)c1ccc2nccn2c1. The molecule has 0 atom stereocenters. The number of likely N-dealkylation sites (tertiary alicyclic amines) is 1. The van der Waals surface area contributed by atoms with E-state index in [-0.39, 0.29) is 11.8 Å². The number of hydrogen-bond acceptors (Lipinski definition) is 4. The van der Waals surface area contributed by atoms with E-state index in [4.69, 9.17) is 0 Å². The molecule has 0 spiro atoms. The van der Waals surface area contributed by atoms with E-state index in [0.717, 1.165) is 56.5 Å². The van der Waals surface area contributed by atoms with Crippen molar-refractivity contribution in [3.63, 3.8) is 0 Å². The van der Waals surface area contributed by atoms with Crippen molar-refractivity contribution >= 4 is 23.1 Å². The third-order valence-corrected chi connectivity index (χ3v) is 6.51. The first-order chi connectivity index (χ1) is 16.2. The van der Waals surface area contributed by atoms with Crippen molar-refractivity contribution in [3.05, 3.63) is 72.6 Å². The highest BCUT2D eigenvalue weighted by molar-refractivity contribution is 5.94. The smallest absolute Gasteiger partial charge is 0.255 e. The van der Waals surface area contributed by atoms with E-state index in [0.29, 0.717) is 23.6 Å². The Morgan fingerprint density at radius 3 is 2.21 bits per heavy atom. The first-order valence-corrected chi connectivity index (χ1v) is 11.6. The number of rotatable bonds is 7. The summed E-state index contributed by atoms with van der Waals surface area (Å²) in [5.74, 6) is 0.691. The fourth-order valence-corrected chi connectivity index (χ4v) is 4.57. The van der Waals surface area contributed by atoms with Crippen LogP contribution in [-0.4, -0.2) is 55.1 Å². The second kappa shape index (κ2) is 9.44. The normalized spacial score (nSPS) is 14.7. The number of fused-ring (bicyclic) bond motifs is 2. The Morgan fingerprint density at radius 2 is 1.52 bits per heavy atom. The molecule has 4 aromatic rings. The molecule has 5 rings (SSSR count). The molecule has 2 amide bonds. The summed E-state index contributed by atoms with van der Waals surface area (Å²) in [5, 5.41) is 3.01. The van der Waals surface area contributed by atoms with Crippen LogP contribution in [0.4, 0.5) is 0 Å². The van der Waals surface area contributed by atoms with Gasteiger partial charge in [-0.25, -0.2) is 9.97 Å². The Balaban J connectivity index is 1.01. The van der Waals surface area contributed by atoms with Gasteiger partial charge in [0.25, 0.3) is 11.8 Å². The molecule has 0 saturated carbocycles. The van der Waals surface area contributed by atoms with Gasteiger partial charge in [0.2, 0.25) is 0 Å². The van der Waals surface area contributed by atoms with Gasteiger partial charge >= 0.3 is 0 Å². The van der Waals surface area contributed by atoms with Crippen LogP contribution in [0.25, 0.3) is 11.3 Å². The second-order valence-electron chi connectivity index (χ2n) is 8.71. The molecule has 170 valence electrons. The molecule has 8 nitrogen and oxygen atoms in total. The van der Waals surface area contributed by atoms with Crippen molar-refractivity contribution < 1.29 is 9.59 Å². The van der Waals surface area contributed by atoms with Crippen LogP contribution in [0.2, 0.25) is 0 Å². The maximum Gasteiger partial charge on any atom is 0.255 e. The number of carbonyl (C=O) groups excluding carboxylic acids is 2. The molecule has 0 aromatic carbocycles. The molecule has 0 unspecified atom stereocenters. The molecule has 1 saturated heterocycles. The van der Waals surface area contributed by atoms with E-state index in [2.05, 4.69) is 15.3 Å². The molecule has 0 bridgehead atoms. The number of piperidine rings is 1. The summed E-state index contributed by atoms with van der Waals surface area (Å²) in [6.07, 6.45) is 16.1. The highest BCUT2D eigenvalue weighted by atomic mass is 16.2. The number of amides is 2. The third-order valence-electron chi connectivity index (χ3n) is 6.51. The molecule has 1 aliphatic rings. The summed E-state index contributed by atoms with van der Waals surface area (Å²) < 4.78 is 3.73. The summed E-state index contributed by atoms with van der Waals surface area (Å²) in [4.78, 5) is 35.6. The maximum atomic E-state index is 12.9. The van der Waals surface area contributed by atoms with Gasteiger partial charge in [0.1, 0.15) is 11.3 Å². The molecule has 0 aliphatic carbocycles. The average molecular weight is 445 g/mol. The van der Waals surface area contributed by atoms with E-state index in [1.807, 2.05) is 50.5 Å². The van der Waals surface area contributed by atoms with Crippen molar-refractivity contribution in [2.45, 2.75) is 32.1 Å². The van der Waals surface area contributed by atoms with Gasteiger partial charge in [-0.05, 0) is 49.4 Å². The van der Waals surface area contributed by atoms with Gasteiger partial charge in [-0.2, -0.15) is 0 Å². The summed E-state index contributed by atoms with van der Waals surface area (Å²) in [7, 11) is 0. The van der Waals surface area contributed by atoms with Crippen molar-refractivity contribution in [2.75, 3.05) is 19.6 Å². The lowest BCUT2D eigenvalue weighted by Crippen LogP contribution is -2.38. The minimum absolute atomic E-state index is 0.0497. The first-order valence-electron chi connectivity index (χ1n) is 11.6. The number of unbranched alkanes of at least 4 members (excludes halogenated alkanes) is 1. The Morgan fingerprint density at radius 1 is 0.879 bits per heavy atom. The maximum absolute atomic E-state index is 12.9. The van der Waals surface area contributed by atoms with Crippen LogP contribution >= 0.6 is 0 Å². The topological polar surface area (TPSA) is 84.0 Å². The molecule has 4 aromatic heterocycles. The quantitative estimate of drug-likeness (QED) is 0.443. The summed E-state index contributed by atoms with van der Waals surface area (Å²) in [5.41, 5.74) is 3.03. The van der Waals surface area contributed by atoms with E-state index in [1.165, 1.54) is 0 Å². The van der Waals surface area contributed by atoms with Gasteiger partial charge in [0.05, 0.1) is 11.1 Å². The van der Waals surface area contributed by atoms with Crippen molar-refractivity contribution in [1.29, 1.82) is 0 Å². The van der Waals surface area contributed by atoms with E-state index >= 15 is 0 Å². The molecule has 0 radical (unpaired) electrons. The number of carbonyl (C=O) groups is 2. The number of hydrogen-bond donors (Lipinski definition) is 1. The zero-order valence-corrected chi connectivity index (χ0v) is 18.6. The average Bonchev–Trinajstić information content (AvgIpc) is 3.52. The zero-order chi connectivity index (χ0) is 22.6. The predicted octanol–water partition coefficient (Wildman–Crippen LogP) is 3.43. The molecule has 8 heteroatoms. The molecule has 5 heterocycles. The van der Waals surface area contributed by atoms with Gasteiger partial charge in [-0.3, -0.25) is 9.59 Å². The lowest BCUT2D eigenvalue weighted by Gasteiger charge is -2.32. The summed E-state index contributed by atoms with van der Waals surface area (Å²) >= 11 is 0. The van der Waals surface area contributed by atoms with E-state index in [1.54, 1.807) is 24.7 Å². The molecular formula is C25H28N6O2. The van der Waals surface area contributed by atoms with Gasteiger partial charge < -0.3 is 19.0 Å². The highest BCUT2D eigenvalue weighted by Gasteiger charge is 2.23. The number of aromatic nitrogens is 4. The Kier molecular flexibility index (Phi) is 6.06. The lowest BCUT2D eigenvalue weighted by atomic mass is 9.91. The standard InChI is InChI=1S/C25H28N6O2/c32-24(20-4-6-22-26-11-15-30(22)17-20)28-10-2-1-3-19-8-13-29(14-9-19)25(33)21-5-7-23-27-12-16-31(23)18-21/h4-7,11-12,15-19H,1-3,8-10,13-14H2,(H,28,32). The van der Waals surface area contributed by atoms with Gasteiger partial charge in [0, 0.05) is 56.8 Å². The van der Waals surface area contributed by atoms with Gasteiger partial charge in [0.15, 0.2) is 0 Å². The Hall–Kier alpha value is -3.68. The van der Waals surface area contributed by atoms with Gasteiger partial charge in [-0.15, -0.1) is 0 Å². The Labute approximate surface area is 192 Å². The molecular weight excluding hydrogens is 416 g/mol. The van der Waals surface area contributed by atoms with Crippen LogP contribution in [0.15, 0.2) is 61.4 Å².